The van der Waals surface area contributed by atoms with E-state index in [0.29, 0.717) is 29.5 Å². The molecule has 0 aliphatic heterocycles. The smallest absolute Gasteiger partial charge is 0.260 e. The normalized spacial score (nSPS) is 12.0. The van der Waals surface area contributed by atoms with Gasteiger partial charge in [0.05, 0.1) is 11.1 Å². The zero-order valence-electron chi connectivity index (χ0n) is 16.0. The molecule has 0 saturated heterocycles. The summed E-state index contributed by atoms with van der Waals surface area (Å²) in [6, 6.07) is 4.22. The van der Waals surface area contributed by atoms with Gasteiger partial charge in [-0.15, -0.1) is 12.4 Å². The zero-order chi connectivity index (χ0) is 19.2. The highest BCUT2D eigenvalue weighted by Crippen LogP contribution is 2.28. The first-order valence-electron chi connectivity index (χ1n) is 8.36. The minimum atomic E-state index is -0.645. The second-order valence-electron chi connectivity index (χ2n) is 6.83. The first kappa shape index (κ1) is 24.5. The number of rotatable bonds is 7. The molecule has 26 heavy (non-hydrogen) atoms. The topological polar surface area (TPSA) is 84.7 Å². The predicted octanol–water partition coefficient (Wildman–Crippen LogP) is 3.32. The van der Waals surface area contributed by atoms with Gasteiger partial charge >= 0.3 is 0 Å². The summed E-state index contributed by atoms with van der Waals surface area (Å²) in [7, 11) is 0. The van der Waals surface area contributed by atoms with Crippen LogP contribution in [0.5, 0.6) is 5.75 Å². The Morgan fingerprint density at radius 1 is 1.27 bits per heavy atom. The molecule has 1 aromatic rings. The molecule has 0 fully saturated rings. The average molecular weight is 406 g/mol. The van der Waals surface area contributed by atoms with Gasteiger partial charge in [-0.3, -0.25) is 9.59 Å². The first-order chi connectivity index (χ1) is 11.6. The second-order valence-corrected chi connectivity index (χ2v) is 7.24. The summed E-state index contributed by atoms with van der Waals surface area (Å²) in [4.78, 5) is 25.8. The van der Waals surface area contributed by atoms with Crippen LogP contribution in [0.25, 0.3) is 0 Å². The number of nitrogens with one attached hydrogen (secondary N) is 1. The number of ether oxygens (including phenoxy) is 1. The molecular weight excluding hydrogens is 377 g/mol. The van der Waals surface area contributed by atoms with Crippen LogP contribution in [0.3, 0.4) is 0 Å². The lowest BCUT2D eigenvalue weighted by Crippen LogP contribution is -2.45. The van der Waals surface area contributed by atoms with Crippen LogP contribution in [0.2, 0.25) is 5.02 Å². The van der Waals surface area contributed by atoms with Crippen molar-refractivity contribution in [3.05, 3.63) is 23.2 Å². The highest BCUT2D eigenvalue weighted by Gasteiger charge is 2.27. The second kappa shape index (κ2) is 10.6. The number of amides is 2. The van der Waals surface area contributed by atoms with Crippen molar-refractivity contribution >= 4 is 41.5 Å². The molecule has 8 heteroatoms. The fourth-order valence-electron chi connectivity index (χ4n) is 2.12. The molecule has 2 amide bonds. The fraction of sp³-hybridized carbons (Fsp3) is 0.556. The summed E-state index contributed by atoms with van der Waals surface area (Å²) in [5.41, 5.74) is 6.11. The number of nitrogens with zero attached hydrogens (tertiary/aromatic N) is 1. The van der Waals surface area contributed by atoms with Crippen molar-refractivity contribution in [3.63, 3.8) is 0 Å². The van der Waals surface area contributed by atoms with Crippen molar-refractivity contribution < 1.29 is 14.3 Å². The number of carbonyl (C=O) groups excluding carboxylic acids is 2. The molecule has 0 bridgehead atoms. The van der Waals surface area contributed by atoms with Gasteiger partial charge in [0, 0.05) is 18.8 Å². The molecule has 0 spiro atoms. The Morgan fingerprint density at radius 3 is 2.31 bits per heavy atom. The monoisotopic (exact) mass is 405 g/mol. The highest BCUT2D eigenvalue weighted by molar-refractivity contribution is 6.32. The number of hydrogen-bond donors (Lipinski definition) is 2. The molecular formula is C18H29Cl2N3O3. The van der Waals surface area contributed by atoms with Crippen LogP contribution in [0.4, 0.5) is 5.69 Å². The van der Waals surface area contributed by atoms with Gasteiger partial charge in [-0.1, -0.05) is 32.4 Å². The molecule has 1 rings (SSSR count). The Bertz CT molecular complexity index is 614. The minimum Gasteiger partial charge on any atom is -0.482 e. The maximum atomic E-state index is 12.2. The van der Waals surface area contributed by atoms with Crippen molar-refractivity contribution in [2.24, 2.45) is 11.1 Å². The van der Waals surface area contributed by atoms with Crippen LogP contribution in [-0.2, 0) is 9.59 Å². The maximum Gasteiger partial charge on any atom is 0.260 e. The number of hydrogen-bond acceptors (Lipinski definition) is 4. The van der Waals surface area contributed by atoms with Crippen LogP contribution < -0.4 is 15.8 Å². The lowest BCUT2D eigenvalue weighted by Gasteiger charge is -2.25. The van der Waals surface area contributed by atoms with Crippen LogP contribution in [0.1, 0.15) is 34.6 Å². The summed E-state index contributed by atoms with van der Waals surface area (Å²) in [6.45, 7) is 10.7. The maximum absolute atomic E-state index is 12.2. The van der Waals surface area contributed by atoms with E-state index in [4.69, 9.17) is 22.1 Å². The number of halogens is 2. The van der Waals surface area contributed by atoms with Gasteiger partial charge in [-0.2, -0.15) is 0 Å². The van der Waals surface area contributed by atoms with E-state index >= 15 is 0 Å². The van der Waals surface area contributed by atoms with Gasteiger partial charge in [0.25, 0.3) is 5.91 Å². The van der Waals surface area contributed by atoms with E-state index in [2.05, 4.69) is 5.32 Å². The quantitative estimate of drug-likeness (QED) is 0.728. The molecule has 0 aliphatic rings. The lowest BCUT2D eigenvalue weighted by atomic mass is 9.87. The third-order valence-corrected chi connectivity index (χ3v) is 4.18. The Hall–Kier alpha value is -1.50. The standard InChI is InChI=1S/C18H28ClN3O3.ClH/c1-6-22(7-2)15(23)11-25-14-9-8-12(10-13(14)19)21-17(24)16(20)18(3,4)5;/h8-10,16H,6-7,11,20H2,1-5H3,(H,21,24);1H/t16-;/m1./s1. The van der Waals surface area contributed by atoms with E-state index < -0.39 is 6.04 Å². The van der Waals surface area contributed by atoms with Crippen LogP contribution >= 0.6 is 24.0 Å². The number of likely N-dealkylation sites (N-methyl/N-ethyl adjacent to an activating group) is 1. The number of anilines is 1. The molecule has 1 aromatic carbocycles. The molecule has 0 aliphatic carbocycles. The SMILES string of the molecule is CCN(CC)C(=O)COc1ccc(NC(=O)[C@@H](N)C(C)(C)C)cc1Cl.Cl. The third kappa shape index (κ3) is 7.02. The summed E-state index contributed by atoms with van der Waals surface area (Å²) < 4.78 is 5.48. The van der Waals surface area contributed by atoms with Gasteiger partial charge in [-0.25, -0.2) is 0 Å². The van der Waals surface area contributed by atoms with E-state index in [1.165, 1.54) is 0 Å². The first-order valence-corrected chi connectivity index (χ1v) is 8.74. The van der Waals surface area contributed by atoms with Crippen molar-refractivity contribution in [1.29, 1.82) is 0 Å². The number of nitrogens with two attached hydrogens (primary N) is 1. The van der Waals surface area contributed by atoms with Crippen molar-refractivity contribution in [3.8, 4) is 5.75 Å². The zero-order valence-corrected chi connectivity index (χ0v) is 17.5. The number of benzene rings is 1. The van der Waals surface area contributed by atoms with Gasteiger partial charge in [0.15, 0.2) is 6.61 Å². The van der Waals surface area contributed by atoms with Crippen LogP contribution in [0.15, 0.2) is 18.2 Å². The number of carbonyl (C=O) groups is 2. The van der Waals surface area contributed by atoms with Crippen LogP contribution in [-0.4, -0.2) is 42.5 Å². The van der Waals surface area contributed by atoms with E-state index in [-0.39, 0.29) is 36.2 Å². The lowest BCUT2D eigenvalue weighted by molar-refractivity contribution is -0.133. The highest BCUT2D eigenvalue weighted by atomic mass is 35.5. The molecule has 6 nitrogen and oxygen atoms in total. The van der Waals surface area contributed by atoms with Crippen molar-refractivity contribution in [2.75, 3.05) is 25.0 Å². The Balaban J connectivity index is 0.00000625. The van der Waals surface area contributed by atoms with Crippen LogP contribution in [0, 0.1) is 5.41 Å². The average Bonchev–Trinajstić information content (AvgIpc) is 2.53. The molecule has 1 atom stereocenters. The van der Waals surface area contributed by atoms with E-state index in [9.17, 15) is 9.59 Å². The van der Waals surface area contributed by atoms with Crippen molar-refractivity contribution in [2.45, 2.75) is 40.7 Å². The molecule has 0 unspecified atom stereocenters. The molecule has 0 heterocycles. The van der Waals surface area contributed by atoms with Gasteiger partial charge in [-0.05, 0) is 37.5 Å². The van der Waals surface area contributed by atoms with Gasteiger partial charge in [0.2, 0.25) is 5.91 Å². The summed E-state index contributed by atoms with van der Waals surface area (Å²) in [5.74, 6) is 0.00355. The molecule has 3 N–H and O–H groups in total. The van der Waals surface area contributed by atoms with Gasteiger partial charge in [0.1, 0.15) is 5.75 Å². The molecule has 0 saturated carbocycles. The fourth-order valence-corrected chi connectivity index (χ4v) is 2.35. The van der Waals surface area contributed by atoms with E-state index in [1.54, 1.807) is 23.1 Å². The molecule has 0 radical (unpaired) electrons. The van der Waals surface area contributed by atoms with E-state index in [1.807, 2.05) is 34.6 Å². The summed E-state index contributed by atoms with van der Waals surface area (Å²) in [5, 5.41) is 3.05. The summed E-state index contributed by atoms with van der Waals surface area (Å²) in [6.07, 6.45) is 0. The predicted molar refractivity (Wildman–Crippen MR) is 108 cm³/mol. The Labute approximate surface area is 166 Å². The Kier molecular flexibility index (Phi) is 9.99. The van der Waals surface area contributed by atoms with E-state index in [0.717, 1.165) is 0 Å². The largest absolute Gasteiger partial charge is 0.482 e. The summed E-state index contributed by atoms with van der Waals surface area (Å²) >= 11 is 6.18. The van der Waals surface area contributed by atoms with Crippen molar-refractivity contribution in [1.82, 2.24) is 4.90 Å². The molecule has 0 aromatic heterocycles. The third-order valence-electron chi connectivity index (χ3n) is 3.88. The minimum absolute atomic E-state index is 0. The van der Waals surface area contributed by atoms with Gasteiger partial charge < -0.3 is 20.7 Å². The Morgan fingerprint density at radius 2 is 1.85 bits per heavy atom. The molecule has 148 valence electrons.